The number of aliphatic hydroxyl groups is 3. The average molecular weight is 403 g/mol. The van der Waals surface area contributed by atoms with E-state index in [2.05, 4.69) is 5.32 Å². The summed E-state index contributed by atoms with van der Waals surface area (Å²) in [7, 11) is 0. The van der Waals surface area contributed by atoms with Crippen molar-refractivity contribution in [3.8, 4) is 0 Å². The van der Waals surface area contributed by atoms with Gasteiger partial charge in [0.25, 0.3) is 0 Å². The van der Waals surface area contributed by atoms with Gasteiger partial charge in [-0.05, 0) is 11.1 Å². The van der Waals surface area contributed by atoms with Crippen LogP contribution in [0.5, 0.6) is 0 Å². The number of hydrogen-bond donors (Lipinski definition) is 4. The minimum atomic E-state index is -1.41. The van der Waals surface area contributed by atoms with Crippen molar-refractivity contribution in [3.63, 3.8) is 0 Å². The number of carbonyl (C=O) groups excluding carboxylic acids is 1. The fourth-order valence-corrected chi connectivity index (χ4v) is 3.03. The molecule has 8 nitrogen and oxygen atoms in total. The lowest BCUT2D eigenvalue weighted by Gasteiger charge is -2.42. The van der Waals surface area contributed by atoms with E-state index in [4.69, 9.17) is 14.2 Å². The Morgan fingerprint density at radius 1 is 0.931 bits per heavy atom. The molecule has 0 spiro atoms. The number of ether oxygens (including phenoxy) is 3. The first-order valence-corrected chi connectivity index (χ1v) is 9.33. The summed E-state index contributed by atoms with van der Waals surface area (Å²) in [5, 5.41) is 32.5. The highest BCUT2D eigenvalue weighted by Crippen LogP contribution is 2.23. The van der Waals surface area contributed by atoms with Crippen LogP contribution >= 0.6 is 0 Å². The highest BCUT2D eigenvalue weighted by atomic mass is 16.7. The molecule has 0 radical (unpaired) electrons. The summed E-state index contributed by atoms with van der Waals surface area (Å²) in [6, 6.07) is 17.3. The van der Waals surface area contributed by atoms with E-state index in [0.29, 0.717) is 0 Å². The van der Waals surface area contributed by atoms with E-state index in [9.17, 15) is 20.1 Å². The molecular weight excluding hydrogens is 378 g/mol. The minimum Gasteiger partial charge on any atom is -0.445 e. The van der Waals surface area contributed by atoms with Crippen molar-refractivity contribution in [1.29, 1.82) is 0 Å². The molecule has 2 aromatic rings. The van der Waals surface area contributed by atoms with E-state index in [1.807, 2.05) is 60.7 Å². The van der Waals surface area contributed by atoms with Gasteiger partial charge in [-0.1, -0.05) is 60.7 Å². The molecule has 0 aromatic heterocycles. The van der Waals surface area contributed by atoms with Crippen LogP contribution in [0.4, 0.5) is 4.79 Å². The number of aliphatic hydroxyl groups excluding tert-OH is 3. The van der Waals surface area contributed by atoms with Crippen LogP contribution in [0.15, 0.2) is 60.7 Å². The Hall–Kier alpha value is -2.49. The van der Waals surface area contributed by atoms with Crippen LogP contribution in [-0.4, -0.2) is 58.7 Å². The molecule has 0 saturated carbocycles. The van der Waals surface area contributed by atoms with Gasteiger partial charge in [-0.3, -0.25) is 0 Å². The molecule has 5 atom stereocenters. The number of rotatable bonds is 7. The number of amides is 1. The smallest absolute Gasteiger partial charge is 0.407 e. The third kappa shape index (κ3) is 5.75. The van der Waals surface area contributed by atoms with E-state index in [1.165, 1.54) is 0 Å². The zero-order valence-corrected chi connectivity index (χ0v) is 15.8. The van der Waals surface area contributed by atoms with E-state index in [1.54, 1.807) is 0 Å². The van der Waals surface area contributed by atoms with Gasteiger partial charge in [0.1, 0.15) is 31.0 Å². The van der Waals surface area contributed by atoms with Gasteiger partial charge >= 0.3 is 6.09 Å². The lowest BCUT2D eigenvalue weighted by Crippen LogP contribution is -2.64. The molecule has 0 unspecified atom stereocenters. The number of carbonyl (C=O) groups is 1. The van der Waals surface area contributed by atoms with E-state index >= 15 is 0 Å². The maximum absolute atomic E-state index is 12.2. The largest absolute Gasteiger partial charge is 0.445 e. The fraction of sp³-hybridized carbons (Fsp3) is 0.381. The second-order valence-electron chi connectivity index (χ2n) is 6.74. The summed E-state index contributed by atoms with van der Waals surface area (Å²) in [4.78, 5) is 12.2. The van der Waals surface area contributed by atoms with Crippen molar-refractivity contribution < 1.29 is 34.3 Å². The molecule has 0 aliphatic carbocycles. The normalized spacial score (nSPS) is 26.7. The molecule has 1 aliphatic heterocycles. The van der Waals surface area contributed by atoms with Gasteiger partial charge in [0.15, 0.2) is 6.29 Å². The molecule has 1 saturated heterocycles. The molecule has 3 rings (SSSR count). The van der Waals surface area contributed by atoms with Crippen LogP contribution in [-0.2, 0) is 27.4 Å². The molecule has 1 heterocycles. The van der Waals surface area contributed by atoms with E-state index in [-0.39, 0.29) is 13.2 Å². The zero-order valence-electron chi connectivity index (χ0n) is 15.8. The third-order valence-electron chi connectivity index (χ3n) is 4.64. The lowest BCUT2D eigenvalue weighted by atomic mass is 9.97. The number of alkyl carbamates (subject to hydrolysis) is 1. The van der Waals surface area contributed by atoms with Crippen LogP contribution in [0.2, 0.25) is 0 Å². The van der Waals surface area contributed by atoms with Gasteiger partial charge in [0.05, 0.1) is 13.2 Å². The first kappa shape index (κ1) is 21.2. The van der Waals surface area contributed by atoms with Crippen molar-refractivity contribution in [2.24, 2.45) is 0 Å². The monoisotopic (exact) mass is 403 g/mol. The molecule has 1 aliphatic rings. The first-order chi connectivity index (χ1) is 14.1. The van der Waals surface area contributed by atoms with Crippen molar-refractivity contribution in [3.05, 3.63) is 71.8 Å². The van der Waals surface area contributed by atoms with Gasteiger partial charge in [-0.2, -0.15) is 0 Å². The number of benzene rings is 2. The number of nitrogens with one attached hydrogen (secondary N) is 1. The predicted molar refractivity (Wildman–Crippen MR) is 103 cm³/mol. The average Bonchev–Trinajstić information content (AvgIpc) is 2.76. The van der Waals surface area contributed by atoms with Crippen molar-refractivity contribution in [2.75, 3.05) is 6.61 Å². The summed E-state index contributed by atoms with van der Waals surface area (Å²) < 4.78 is 16.5. The van der Waals surface area contributed by atoms with Crippen LogP contribution in [0.25, 0.3) is 0 Å². The molecule has 4 N–H and O–H groups in total. The second kappa shape index (κ2) is 10.3. The predicted octanol–water partition coefficient (Wildman–Crippen LogP) is 0.937. The SMILES string of the molecule is O=C(N[C@H]1[C@@H](OCc2ccccc2)O[C@H](CO)[C@H](O)[C@@H]1O)OCc1ccccc1. The maximum atomic E-state index is 12.2. The van der Waals surface area contributed by atoms with Gasteiger partial charge in [-0.15, -0.1) is 0 Å². The molecule has 1 fully saturated rings. The molecule has 1 amide bonds. The Balaban J connectivity index is 1.63. The standard InChI is InChI=1S/C21H25NO7/c23-11-16-18(24)19(25)17(20(29-16)27-12-14-7-3-1-4-8-14)22-21(26)28-13-15-9-5-2-6-10-15/h1-10,16-20,23-25H,11-13H2,(H,22,26)/t16-,17-,18+,19-,20+/m1/s1. The first-order valence-electron chi connectivity index (χ1n) is 9.33. The van der Waals surface area contributed by atoms with E-state index < -0.39 is 43.3 Å². The Labute approximate surface area is 168 Å². The van der Waals surface area contributed by atoms with Gasteiger partial charge in [0.2, 0.25) is 0 Å². The quantitative estimate of drug-likeness (QED) is 0.543. The molecule has 2 aromatic carbocycles. The molecule has 29 heavy (non-hydrogen) atoms. The summed E-state index contributed by atoms with van der Waals surface area (Å²) >= 11 is 0. The maximum Gasteiger partial charge on any atom is 0.407 e. The fourth-order valence-electron chi connectivity index (χ4n) is 3.03. The lowest BCUT2D eigenvalue weighted by molar-refractivity contribution is -0.273. The van der Waals surface area contributed by atoms with Crippen molar-refractivity contribution in [2.45, 2.75) is 43.9 Å². The molecule has 0 bridgehead atoms. The van der Waals surface area contributed by atoms with E-state index in [0.717, 1.165) is 11.1 Å². The Bertz CT molecular complexity index is 758. The summed E-state index contributed by atoms with van der Waals surface area (Å²) in [6.45, 7) is -0.300. The zero-order chi connectivity index (χ0) is 20.6. The van der Waals surface area contributed by atoms with Crippen LogP contribution in [0.3, 0.4) is 0 Å². The van der Waals surface area contributed by atoms with Gasteiger partial charge in [-0.25, -0.2) is 4.79 Å². The van der Waals surface area contributed by atoms with Gasteiger partial charge < -0.3 is 34.8 Å². The second-order valence-corrected chi connectivity index (χ2v) is 6.74. The minimum absolute atomic E-state index is 0.0493. The van der Waals surface area contributed by atoms with Crippen LogP contribution in [0.1, 0.15) is 11.1 Å². The third-order valence-corrected chi connectivity index (χ3v) is 4.64. The topological polar surface area (TPSA) is 117 Å². The molecular formula is C21H25NO7. The number of hydrogen-bond acceptors (Lipinski definition) is 7. The van der Waals surface area contributed by atoms with Crippen molar-refractivity contribution in [1.82, 2.24) is 5.32 Å². The Morgan fingerprint density at radius 2 is 1.52 bits per heavy atom. The Kier molecular flexibility index (Phi) is 7.56. The summed E-state index contributed by atoms with van der Waals surface area (Å²) in [6.07, 6.45) is -5.72. The van der Waals surface area contributed by atoms with Gasteiger partial charge in [0, 0.05) is 0 Å². The molecule has 156 valence electrons. The highest BCUT2D eigenvalue weighted by molar-refractivity contribution is 5.67. The summed E-state index contributed by atoms with van der Waals surface area (Å²) in [5.74, 6) is 0. The highest BCUT2D eigenvalue weighted by Gasteiger charge is 2.45. The van der Waals surface area contributed by atoms with Crippen molar-refractivity contribution >= 4 is 6.09 Å². The summed E-state index contributed by atoms with van der Waals surface area (Å²) in [5.41, 5.74) is 1.67. The molecule has 8 heteroatoms. The van der Waals surface area contributed by atoms with Crippen LogP contribution < -0.4 is 5.32 Å². The van der Waals surface area contributed by atoms with Crippen LogP contribution in [0, 0.1) is 0 Å². The Morgan fingerprint density at radius 3 is 2.10 bits per heavy atom.